The number of aliphatic hydroxyl groups is 1. The molecule has 8 nitrogen and oxygen atoms in total. The van der Waals surface area contributed by atoms with Crippen LogP contribution in [0.15, 0.2) is 10.5 Å². The normalized spacial score (nSPS) is 25.6. The molecule has 5 rings (SSSR count). The molecule has 0 bridgehead atoms. The Morgan fingerprint density at radius 2 is 1.97 bits per heavy atom. The fourth-order valence-corrected chi connectivity index (χ4v) is 5.37. The zero-order valence-electron chi connectivity index (χ0n) is 16.8. The molecule has 8 heteroatoms. The summed E-state index contributed by atoms with van der Waals surface area (Å²) < 4.78 is 5.51. The average Bonchev–Trinajstić information content (AvgIpc) is 3.45. The number of aryl methyl sites for hydroxylation is 3. The second-order valence-corrected chi connectivity index (χ2v) is 8.80. The van der Waals surface area contributed by atoms with E-state index in [-0.39, 0.29) is 24.3 Å². The molecule has 2 saturated heterocycles. The quantitative estimate of drug-likeness (QED) is 0.812. The predicted molar refractivity (Wildman–Crippen MR) is 104 cm³/mol. The molecule has 4 heterocycles. The van der Waals surface area contributed by atoms with Gasteiger partial charge in [0.05, 0.1) is 12.2 Å². The Morgan fingerprint density at radius 3 is 2.59 bits per heavy atom. The van der Waals surface area contributed by atoms with Crippen LogP contribution in [-0.4, -0.2) is 69.7 Å². The summed E-state index contributed by atoms with van der Waals surface area (Å²) in [6.07, 6.45) is 2.89. The minimum absolute atomic E-state index is 0.0483. The number of carbonyl (C=O) groups excluding carboxylic acids is 2. The van der Waals surface area contributed by atoms with Gasteiger partial charge in [0.1, 0.15) is 11.5 Å². The Hall–Kier alpha value is -2.61. The van der Waals surface area contributed by atoms with Crippen molar-refractivity contribution in [3.63, 3.8) is 0 Å². The third-order valence-electron chi connectivity index (χ3n) is 6.93. The number of likely N-dealkylation sites (tertiary alicyclic amines) is 2. The first-order valence-corrected chi connectivity index (χ1v) is 10.2. The smallest absolute Gasteiger partial charge is 0.274 e. The maximum absolute atomic E-state index is 13.1. The Balaban J connectivity index is 1.34. The zero-order valence-corrected chi connectivity index (χ0v) is 16.8. The third kappa shape index (κ3) is 2.73. The molecule has 0 spiro atoms. The standard InChI is InChI=1S/C21H26N4O4/c1-12-6-16(13(2)29-12)19(27)24-7-14-8-25(10-21(14,9-24)11-26)20(28)18-15-4-3-5-17(15)22-23-18/h6,14,26H,3-5,7-11H2,1-2H3,(H,22,23). The Kier molecular flexibility index (Phi) is 4.10. The van der Waals surface area contributed by atoms with Crippen LogP contribution < -0.4 is 0 Å². The van der Waals surface area contributed by atoms with Gasteiger partial charge in [-0.15, -0.1) is 0 Å². The van der Waals surface area contributed by atoms with E-state index in [1.54, 1.807) is 17.9 Å². The Labute approximate surface area is 168 Å². The highest BCUT2D eigenvalue weighted by Crippen LogP contribution is 2.43. The largest absolute Gasteiger partial charge is 0.466 e. The molecule has 3 aliphatic rings. The lowest BCUT2D eigenvalue weighted by Crippen LogP contribution is -2.40. The van der Waals surface area contributed by atoms with Crippen molar-refractivity contribution in [1.29, 1.82) is 0 Å². The van der Waals surface area contributed by atoms with Gasteiger partial charge in [-0.25, -0.2) is 0 Å². The molecule has 2 aromatic rings. The summed E-state index contributed by atoms with van der Waals surface area (Å²) in [5, 5.41) is 17.5. The third-order valence-corrected chi connectivity index (χ3v) is 6.93. The first-order chi connectivity index (χ1) is 13.9. The van der Waals surface area contributed by atoms with E-state index in [0.29, 0.717) is 49.0 Å². The topological polar surface area (TPSA) is 103 Å². The second kappa shape index (κ2) is 6.45. The van der Waals surface area contributed by atoms with Crippen molar-refractivity contribution < 1.29 is 19.1 Å². The summed E-state index contributed by atoms with van der Waals surface area (Å²) in [6.45, 7) is 5.53. The van der Waals surface area contributed by atoms with Gasteiger partial charge in [-0.05, 0) is 39.2 Å². The maximum atomic E-state index is 13.1. The van der Waals surface area contributed by atoms with Crippen LogP contribution in [0.4, 0.5) is 0 Å². The first-order valence-electron chi connectivity index (χ1n) is 10.2. The molecule has 154 valence electrons. The number of furan rings is 1. The SMILES string of the molecule is Cc1cc(C(=O)N2CC3CN(C(=O)c4n[nH]c5c4CCC5)CC3(CO)C2)c(C)o1. The lowest BCUT2D eigenvalue weighted by Gasteiger charge is -2.27. The number of aliphatic hydroxyl groups excluding tert-OH is 1. The van der Waals surface area contributed by atoms with Crippen LogP contribution in [-0.2, 0) is 12.8 Å². The average molecular weight is 398 g/mol. The van der Waals surface area contributed by atoms with Gasteiger partial charge in [-0.3, -0.25) is 14.7 Å². The summed E-state index contributed by atoms with van der Waals surface area (Å²) in [5.41, 5.74) is 2.76. The van der Waals surface area contributed by atoms with Crippen molar-refractivity contribution in [2.75, 3.05) is 32.8 Å². The van der Waals surface area contributed by atoms with Crippen LogP contribution in [0.25, 0.3) is 0 Å². The minimum atomic E-state index is -0.475. The van der Waals surface area contributed by atoms with E-state index in [1.807, 2.05) is 11.8 Å². The van der Waals surface area contributed by atoms with Gasteiger partial charge in [0, 0.05) is 48.8 Å². The number of H-pyrrole nitrogens is 1. The van der Waals surface area contributed by atoms with Crippen molar-refractivity contribution in [2.45, 2.75) is 33.1 Å². The van der Waals surface area contributed by atoms with Crippen molar-refractivity contribution in [3.8, 4) is 0 Å². The minimum Gasteiger partial charge on any atom is -0.466 e. The number of fused-ring (bicyclic) bond motifs is 2. The number of nitrogens with zero attached hydrogens (tertiary/aromatic N) is 3. The highest BCUT2D eigenvalue weighted by Gasteiger charge is 2.54. The van der Waals surface area contributed by atoms with E-state index in [1.165, 1.54) is 0 Å². The lowest BCUT2D eigenvalue weighted by atomic mass is 9.82. The Bertz CT molecular complexity index is 993. The molecule has 0 saturated carbocycles. The van der Waals surface area contributed by atoms with Crippen molar-refractivity contribution in [1.82, 2.24) is 20.0 Å². The number of aromatic amines is 1. The van der Waals surface area contributed by atoms with Gasteiger partial charge < -0.3 is 19.3 Å². The van der Waals surface area contributed by atoms with E-state index in [0.717, 1.165) is 30.5 Å². The Morgan fingerprint density at radius 1 is 1.24 bits per heavy atom. The molecule has 2 fully saturated rings. The number of amides is 2. The van der Waals surface area contributed by atoms with E-state index >= 15 is 0 Å². The van der Waals surface area contributed by atoms with Crippen LogP contribution in [0.3, 0.4) is 0 Å². The van der Waals surface area contributed by atoms with Crippen molar-refractivity contribution in [2.24, 2.45) is 11.3 Å². The van der Waals surface area contributed by atoms with Gasteiger partial charge in [0.15, 0.2) is 5.69 Å². The van der Waals surface area contributed by atoms with Gasteiger partial charge in [0.25, 0.3) is 11.8 Å². The molecule has 0 radical (unpaired) electrons. The summed E-state index contributed by atoms with van der Waals surface area (Å²) in [5.74, 6) is 1.26. The second-order valence-electron chi connectivity index (χ2n) is 8.80. The number of aromatic nitrogens is 2. The number of nitrogens with one attached hydrogen (secondary N) is 1. The molecule has 1 aliphatic carbocycles. The molecule has 2 aliphatic heterocycles. The fraction of sp³-hybridized carbons (Fsp3) is 0.571. The predicted octanol–water partition coefficient (Wildman–Crippen LogP) is 1.31. The zero-order chi connectivity index (χ0) is 20.3. The molecule has 2 amide bonds. The molecule has 2 aromatic heterocycles. The van der Waals surface area contributed by atoms with E-state index in [4.69, 9.17) is 4.42 Å². The van der Waals surface area contributed by atoms with Crippen LogP contribution in [0.2, 0.25) is 0 Å². The summed E-state index contributed by atoms with van der Waals surface area (Å²) >= 11 is 0. The van der Waals surface area contributed by atoms with Gasteiger partial charge in [-0.2, -0.15) is 5.10 Å². The highest BCUT2D eigenvalue weighted by atomic mass is 16.3. The van der Waals surface area contributed by atoms with Crippen LogP contribution in [0.1, 0.15) is 50.0 Å². The van der Waals surface area contributed by atoms with Crippen molar-refractivity contribution >= 4 is 11.8 Å². The lowest BCUT2D eigenvalue weighted by molar-refractivity contribution is 0.0662. The molecule has 29 heavy (non-hydrogen) atoms. The highest BCUT2D eigenvalue weighted by molar-refractivity contribution is 5.96. The molecule has 2 unspecified atom stereocenters. The number of hydrogen-bond donors (Lipinski definition) is 2. The van der Waals surface area contributed by atoms with E-state index in [2.05, 4.69) is 10.2 Å². The van der Waals surface area contributed by atoms with Gasteiger partial charge in [-0.1, -0.05) is 0 Å². The fourth-order valence-electron chi connectivity index (χ4n) is 5.37. The van der Waals surface area contributed by atoms with Crippen LogP contribution in [0.5, 0.6) is 0 Å². The summed E-state index contributed by atoms with van der Waals surface area (Å²) in [6, 6.07) is 1.77. The number of hydrogen-bond acceptors (Lipinski definition) is 5. The molecule has 2 atom stereocenters. The van der Waals surface area contributed by atoms with Gasteiger partial charge in [0.2, 0.25) is 0 Å². The summed E-state index contributed by atoms with van der Waals surface area (Å²) in [4.78, 5) is 29.7. The van der Waals surface area contributed by atoms with Crippen LogP contribution >= 0.6 is 0 Å². The summed E-state index contributed by atoms with van der Waals surface area (Å²) in [7, 11) is 0. The maximum Gasteiger partial charge on any atom is 0.274 e. The molecule has 2 N–H and O–H groups in total. The first kappa shape index (κ1) is 18.4. The van der Waals surface area contributed by atoms with E-state index in [9.17, 15) is 14.7 Å². The van der Waals surface area contributed by atoms with Crippen molar-refractivity contribution in [3.05, 3.63) is 40.1 Å². The molecular formula is C21H26N4O4. The van der Waals surface area contributed by atoms with Gasteiger partial charge >= 0.3 is 0 Å². The van der Waals surface area contributed by atoms with E-state index < -0.39 is 5.41 Å². The molecule has 0 aromatic carbocycles. The monoisotopic (exact) mass is 398 g/mol. The number of carbonyl (C=O) groups is 2. The molecular weight excluding hydrogens is 372 g/mol. The van der Waals surface area contributed by atoms with Crippen LogP contribution in [0, 0.1) is 25.2 Å². The number of rotatable bonds is 3.